The molecule has 0 aromatic heterocycles. The van der Waals surface area contributed by atoms with Crippen LogP contribution in [0.3, 0.4) is 0 Å². The predicted octanol–water partition coefficient (Wildman–Crippen LogP) is 0.411. The van der Waals surface area contributed by atoms with Gasteiger partial charge in [-0.1, -0.05) is 0 Å². The Morgan fingerprint density at radius 3 is 2.06 bits per heavy atom. The monoisotopic (exact) mass is 305 g/mol. The van der Waals surface area contributed by atoms with Gasteiger partial charge < -0.3 is 19.6 Å². The summed E-state index contributed by atoms with van der Waals surface area (Å²) < 4.78 is 23.2. The Hall–Kier alpha value is 0.610. The second-order valence-electron chi connectivity index (χ2n) is 4.03. The van der Waals surface area contributed by atoms with Gasteiger partial charge in [-0.2, -0.15) is 12.6 Å². The van der Waals surface area contributed by atoms with Gasteiger partial charge in [0.05, 0.1) is 0 Å². The first-order valence-electron chi connectivity index (χ1n) is 5.14. The van der Waals surface area contributed by atoms with E-state index >= 15 is 0 Å². The molecule has 0 spiro atoms. The van der Waals surface area contributed by atoms with Gasteiger partial charge in [0.1, 0.15) is 0 Å². The SMILES string of the molecule is O=P(O)(O)C1(P(=O)(O)O)CCCCN1CCS. The highest BCUT2D eigenvalue weighted by Crippen LogP contribution is 2.73. The molecule has 1 heterocycles. The Balaban J connectivity index is 3.28. The van der Waals surface area contributed by atoms with Crippen LogP contribution in [0.1, 0.15) is 19.3 Å². The van der Waals surface area contributed by atoms with Crippen molar-refractivity contribution in [2.75, 3.05) is 18.8 Å². The molecule has 102 valence electrons. The normalized spacial score (nSPS) is 22.6. The lowest BCUT2D eigenvalue weighted by atomic mass is 10.1. The number of thiol groups is 1. The first kappa shape index (κ1) is 15.7. The van der Waals surface area contributed by atoms with Crippen molar-refractivity contribution in [1.29, 1.82) is 0 Å². The van der Waals surface area contributed by atoms with Crippen LogP contribution in [-0.2, 0) is 9.13 Å². The van der Waals surface area contributed by atoms with Gasteiger partial charge in [0.25, 0.3) is 0 Å². The van der Waals surface area contributed by atoms with Crippen molar-refractivity contribution in [1.82, 2.24) is 4.90 Å². The molecule has 0 atom stereocenters. The maximum Gasteiger partial charge on any atom is 0.358 e. The minimum Gasteiger partial charge on any atom is -0.323 e. The Bertz CT molecular complexity index is 341. The zero-order chi connectivity index (χ0) is 13.3. The molecular weight excluding hydrogens is 288 g/mol. The van der Waals surface area contributed by atoms with Crippen molar-refractivity contribution >= 4 is 27.8 Å². The Morgan fingerprint density at radius 1 is 1.12 bits per heavy atom. The van der Waals surface area contributed by atoms with Gasteiger partial charge in [0.2, 0.25) is 5.02 Å². The maximum atomic E-state index is 11.6. The van der Waals surface area contributed by atoms with Crippen molar-refractivity contribution in [2.24, 2.45) is 0 Å². The quantitative estimate of drug-likeness (QED) is 0.377. The van der Waals surface area contributed by atoms with E-state index in [0.717, 1.165) is 0 Å². The van der Waals surface area contributed by atoms with Gasteiger partial charge in [-0.15, -0.1) is 0 Å². The molecule has 0 bridgehead atoms. The van der Waals surface area contributed by atoms with E-state index < -0.39 is 20.2 Å². The fourth-order valence-corrected chi connectivity index (χ4v) is 5.88. The van der Waals surface area contributed by atoms with Crippen LogP contribution in [0.25, 0.3) is 0 Å². The van der Waals surface area contributed by atoms with Crippen LogP contribution in [0.5, 0.6) is 0 Å². The van der Waals surface area contributed by atoms with Crippen molar-refractivity contribution in [3.8, 4) is 0 Å². The molecule has 0 saturated carbocycles. The van der Waals surface area contributed by atoms with Crippen LogP contribution in [0.4, 0.5) is 0 Å². The molecule has 0 amide bonds. The van der Waals surface area contributed by atoms with Crippen LogP contribution in [0.2, 0.25) is 0 Å². The van der Waals surface area contributed by atoms with Gasteiger partial charge in [0.15, 0.2) is 0 Å². The highest BCUT2D eigenvalue weighted by molar-refractivity contribution is 7.80. The van der Waals surface area contributed by atoms with E-state index in [2.05, 4.69) is 12.6 Å². The Kier molecular flexibility index (Phi) is 4.89. The number of nitrogens with zero attached hydrogens (tertiary/aromatic N) is 1. The molecule has 0 aromatic rings. The second kappa shape index (κ2) is 5.31. The molecule has 0 unspecified atom stereocenters. The fraction of sp³-hybridized carbons (Fsp3) is 1.00. The van der Waals surface area contributed by atoms with Crippen molar-refractivity contribution in [3.63, 3.8) is 0 Å². The smallest absolute Gasteiger partial charge is 0.323 e. The average molecular weight is 305 g/mol. The van der Waals surface area contributed by atoms with Gasteiger partial charge in [-0.05, 0) is 25.8 Å². The van der Waals surface area contributed by atoms with Crippen molar-refractivity contribution in [3.05, 3.63) is 0 Å². The van der Waals surface area contributed by atoms with Crippen LogP contribution in [0.15, 0.2) is 0 Å². The average Bonchev–Trinajstić information content (AvgIpc) is 2.15. The number of rotatable bonds is 4. The second-order valence-corrected chi connectivity index (χ2v) is 8.49. The van der Waals surface area contributed by atoms with Crippen LogP contribution < -0.4 is 0 Å². The van der Waals surface area contributed by atoms with E-state index in [1.165, 1.54) is 4.90 Å². The summed E-state index contributed by atoms with van der Waals surface area (Å²) >= 11 is 3.95. The zero-order valence-electron chi connectivity index (χ0n) is 9.14. The topological polar surface area (TPSA) is 118 Å². The van der Waals surface area contributed by atoms with E-state index in [4.69, 9.17) is 0 Å². The van der Waals surface area contributed by atoms with E-state index in [1.54, 1.807) is 0 Å². The molecule has 4 N–H and O–H groups in total. The number of likely N-dealkylation sites (tertiary alicyclic amines) is 1. The predicted molar refractivity (Wildman–Crippen MR) is 66.1 cm³/mol. The third-order valence-corrected chi connectivity index (χ3v) is 7.64. The molecule has 17 heavy (non-hydrogen) atoms. The summed E-state index contributed by atoms with van der Waals surface area (Å²) in [6.45, 7) is 0.399. The van der Waals surface area contributed by atoms with Gasteiger partial charge in [-0.25, -0.2) is 0 Å². The van der Waals surface area contributed by atoms with Crippen molar-refractivity contribution < 1.29 is 28.7 Å². The summed E-state index contributed by atoms with van der Waals surface area (Å²) in [5.41, 5.74) is 0. The molecule has 1 aliphatic rings. The molecule has 1 rings (SSSR count). The summed E-state index contributed by atoms with van der Waals surface area (Å²) in [5.74, 6) is 0.280. The third kappa shape index (κ3) is 2.80. The first-order chi connectivity index (χ1) is 7.67. The Morgan fingerprint density at radius 2 is 1.65 bits per heavy atom. The lowest BCUT2D eigenvalue weighted by Gasteiger charge is -2.46. The zero-order valence-corrected chi connectivity index (χ0v) is 11.8. The molecular formula is C7H17NO6P2S. The highest BCUT2D eigenvalue weighted by Gasteiger charge is 2.64. The molecule has 1 saturated heterocycles. The Labute approximate surface area is 105 Å². The molecule has 0 aromatic carbocycles. The molecule has 0 radical (unpaired) electrons. The summed E-state index contributed by atoms with van der Waals surface area (Å²) in [4.78, 5) is 38.7. The molecule has 0 aliphatic carbocycles. The maximum absolute atomic E-state index is 11.6. The van der Waals surface area contributed by atoms with Crippen LogP contribution in [0, 0.1) is 0 Å². The van der Waals surface area contributed by atoms with E-state index in [-0.39, 0.29) is 25.3 Å². The van der Waals surface area contributed by atoms with Gasteiger partial charge in [-0.3, -0.25) is 14.0 Å². The fourth-order valence-electron chi connectivity index (χ4n) is 2.24. The summed E-state index contributed by atoms with van der Waals surface area (Å²) in [7, 11) is -9.90. The summed E-state index contributed by atoms with van der Waals surface area (Å²) in [6.07, 6.45) is 0.851. The molecule has 7 nitrogen and oxygen atoms in total. The van der Waals surface area contributed by atoms with E-state index in [1.807, 2.05) is 0 Å². The standard InChI is InChI=1S/C7H17NO6P2S/c9-15(10,11)7(16(12,13)14)3-1-2-4-8(7)5-6-17/h17H,1-6H2,(H2,9,10,11)(H2,12,13,14). The largest absolute Gasteiger partial charge is 0.358 e. The van der Waals surface area contributed by atoms with Gasteiger partial charge in [0, 0.05) is 12.3 Å². The number of hydrogen-bond donors (Lipinski definition) is 5. The van der Waals surface area contributed by atoms with Crippen molar-refractivity contribution in [2.45, 2.75) is 24.3 Å². The van der Waals surface area contributed by atoms with E-state index in [9.17, 15) is 28.7 Å². The van der Waals surface area contributed by atoms with E-state index in [0.29, 0.717) is 12.8 Å². The molecule has 1 aliphatic heterocycles. The molecule has 1 fully saturated rings. The molecule has 10 heteroatoms. The van der Waals surface area contributed by atoms with Crippen LogP contribution >= 0.6 is 27.8 Å². The number of piperidine rings is 1. The number of hydrogen-bond acceptors (Lipinski definition) is 4. The third-order valence-electron chi connectivity index (χ3n) is 3.00. The summed E-state index contributed by atoms with van der Waals surface area (Å²) in [6, 6.07) is 0. The van der Waals surface area contributed by atoms with Crippen LogP contribution in [-0.4, -0.2) is 48.3 Å². The minimum atomic E-state index is -4.95. The lowest BCUT2D eigenvalue weighted by Crippen LogP contribution is -2.51. The van der Waals surface area contributed by atoms with Gasteiger partial charge >= 0.3 is 15.2 Å². The minimum absolute atomic E-state index is 0.138. The lowest BCUT2D eigenvalue weighted by molar-refractivity contribution is 0.126. The first-order valence-corrected chi connectivity index (χ1v) is 9.00. The summed E-state index contributed by atoms with van der Waals surface area (Å²) in [5, 5.41) is -2.36. The highest BCUT2D eigenvalue weighted by atomic mass is 32.1.